The second kappa shape index (κ2) is 4.37. The predicted molar refractivity (Wildman–Crippen MR) is 18.8 cm³/mol. The van der Waals surface area contributed by atoms with Crippen LogP contribution in [0.15, 0.2) is 6.08 Å². The van der Waals surface area contributed by atoms with Crippen LogP contribution >= 0.6 is 0 Å². The van der Waals surface area contributed by atoms with Crippen LogP contribution in [0, 0.1) is 0 Å². The summed E-state index contributed by atoms with van der Waals surface area (Å²) in [4.78, 5) is 12.7. The van der Waals surface area contributed by atoms with Gasteiger partial charge in [-0.15, -0.1) is 0 Å². The van der Waals surface area contributed by atoms with E-state index in [2.05, 4.69) is 4.89 Å². The van der Waals surface area contributed by atoms with E-state index in [0.29, 0.717) is 0 Å². The summed E-state index contributed by atoms with van der Waals surface area (Å²) in [6.07, 6.45) is 1.03. The zero-order valence-corrected chi connectivity index (χ0v) is 3.05. The summed E-state index contributed by atoms with van der Waals surface area (Å²) in [7, 11) is 0. The lowest BCUT2D eigenvalue weighted by Crippen LogP contribution is -1.79. The topological polar surface area (TPSA) is 46.5 Å². The van der Waals surface area contributed by atoms with E-state index in [1.807, 2.05) is 0 Å². The molecule has 0 aliphatic carbocycles. The van der Waals surface area contributed by atoms with E-state index < -0.39 is 0 Å². The van der Waals surface area contributed by atoms with Gasteiger partial charge in [-0.2, -0.15) is 0 Å². The summed E-state index contributed by atoms with van der Waals surface area (Å²) in [6.45, 7) is -0.0799. The van der Waals surface area contributed by atoms with Crippen LogP contribution in [-0.2, 0) is 9.68 Å². The van der Waals surface area contributed by atoms with Gasteiger partial charge in [0.1, 0.15) is 12.5 Å². The molecule has 0 aromatic carbocycles. The molecule has 3 nitrogen and oxygen atoms in total. The molecule has 0 unspecified atom stereocenters. The fourth-order valence-electron chi connectivity index (χ4n) is 0.0713. The Morgan fingerprint density at radius 1 is 2.00 bits per heavy atom. The van der Waals surface area contributed by atoms with Gasteiger partial charge in [-0.3, -0.25) is 5.26 Å². The van der Waals surface area contributed by atoms with Gasteiger partial charge in [0.05, 0.1) is 0 Å². The first kappa shape index (κ1) is 5.37. The van der Waals surface area contributed by atoms with Gasteiger partial charge in [-0.25, -0.2) is 9.68 Å². The van der Waals surface area contributed by atoms with Gasteiger partial charge < -0.3 is 0 Å². The summed E-state index contributed by atoms with van der Waals surface area (Å²) >= 11 is 0. The van der Waals surface area contributed by atoms with Gasteiger partial charge in [-0.1, -0.05) is 0 Å². The Balaban J connectivity index is 2.86. The third kappa shape index (κ3) is 3.37. The van der Waals surface area contributed by atoms with Crippen molar-refractivity contribution in [2.75, 3.05) is 6.61 Å². The van der Waals surface area contributed by atoms with E-state index in [-0.39, 0.29) is 6.61 Å². The first-order valence-electron chi connectivity index (χ1n) is 1.37. The molecule has 0 aromatic heterocycles. The molecular weight excluding hydrogens is 84.0 g/mol. The minimum Gasteiger partial charge on any atom is -0.251 e. The maximum Gasteiger partial charge on any atom is 0.122 e. The lowest BCUT2D eigenvalue weighted by Gasteiger charge is -1.75. The first-order valence-corrected chi connectivity index (χ1v) is 1.37. The molecule has 0 aliphatic rings. The van der Waals surface area contributed by atoms with Gasteiger partial charge in [0, 0.05) is 6.08 Å². The molecule has 1 N–H and O–H groups in total. The third-order valence-electron chi connectivity index (χ3n) is 0.241. The van der Waals surface area contributed by atoms with E-state index in [0.717, 1.165) is 6.08 Å². The monoisotopic (exact) mass is 88.0 g/mol. The van der Waals surface area contributed by atoms with Crippen molar-refractivity contribution in [2.24, 2.45) is 0 Å². The highest BCUT2D eigenvalue weighted by atomic mass is 17.1. The number of hydrogen-bond donors (Lipinski definition) is 1. The summed E-state index contributed by atoms with van der Waals surface area (Å²) in [5.41, 5.74) is 0. The SMILES string of the molecule is O=C=CCOO. The molecule has 0 radical (unpaired) electrons. The van der Waals surface area contributed by atoms with Crippen LogP contribution in [0.2, 0.25) is 0 Å². The predicted octanol–water partition coefficient (Wildman–Crippen LogP) is -0.136. The Hall–Kier alpha value is -0.630. The maximum absolute atomic E-state index is 9.19. The van der Waals surface area contributed by atoms with Crippen molar-refractivity contribution in [3.05, 3.63) is 6.08 Å². The van der Waals surface area contributed by atoms with Gasteiger partial charge in [0.25, 0.3) is 0 Å². The molecule has 0 spiro atoms. The van der Waals surface area contributed by atoms with Crippen LogP contribution < -0.4 is 0 Å². The number of carbonyl (C=O) groups excluding carboxylic acids is 1. The van der Waals surface area contributed by atoms with Crippen LogP contribution in [0.3, 0.4) is 0 Å². The highest BCUT2D eigenvalue weighted by molar-refractivity contribution is 5.44. The van der Waals surface area contributed by atoms with Gasteiger partial charge in [-0.05, 0) is 0 Å². The summed E-state index contributed by atoms with van der Waals surface area (Å²) in [5, 5.41) is 7.49. The fourth-order valence-corrected chi connectivity index (χ4v) is 0.0713. The highest BCUT2D eigenvalue weighted by Crippen LogP contribution is 1.59. The normalized spacial score (nSPS) is 6.83. The molecule has 0 atom stereocenters. The minimum atomic E-state index is -0.0799. The molecule has 0 rings (SSSR count). The van der Waals surface area contributed by atoms with E-state index in [4.69, 9.17) is 5.26 Å². The first-order chi connectivity index (χ1) is 2.91. The van der Waals surface area contributed by atoms with Crippen molar-refractivity contribution in [1.29, 1.82) is 0 Å². The van der Waals surface area contributed by atoms with Gasteiger partial charge >= 0.3 is 0 Å². The van der Waals surface area contributed by atoms with Crippen molar-refractivity contribution in [1.82, 2.24) is 0 Å². The molecule has 0 amide bonds. The average Bonchev–Trinajstić information content (AvgIpc) is 1.61. The zero-order chi connectivity index (χ0) is 4.83. The second-order valence-electron chi connectivity index (χ2n) is 0.618. The average molecular weight is 88.1 g/mol. The van der Waals surface area contributed by atoms with E-state index in [1.54, 1.807) is 0 Å². The lowest BCUT2D eigenvalue weighted by atomic mass is 10.7. The lowest BCUT2D eigenvalue weighted by molar-refractivity contribution is -0.231. The third-order valence-corrected chi connectivity index (χ3v) is 0.241. The summed E-state index contributed by atoms with van der Waals surface area (Å²) < 4.78 is 0. The van der Waals surface area contributed by atoms with Crippen molar-refractivity contribution in [3.63, 3.8) is 0 Å². The van der Waals surface area contributed by atoms with Crippen LogP contribution in [0.25, 0.3) is 0 Å². The Labute approximate surface area is 34.8 Å². The molecule has 0 aromatic rings. The number of rotatable bonds is 2. The van der Waals surface area contributed by atoms with E-state index in [1.165, 1.54) is 5.94 Å². The Morgan fingerprint density at radius 3 is 2.83 bits per heavy atom. The van der Waals surface area contributed by atoms with Gasteiger partial charge in [0.2, 0.25) is 0 Å². The fraction of sp³-hybridized carbons (Fsp3) is 0.333. The van der Waals surface area contributed by atoms with Crippen LogP contribution in [0.4, 0.5) is 0 Å². The van der Waals surface area contributed by atoms with E-state index in [9.17, 15) is 4.79 Å². The molecule has 0 saturated carbocycles. The Morgan fingerprint density at radius 2 is 2.67 bits per heavy atom. The molecule has 0 aliphatic heterocycles. The quantitative estimate of drug-likeness (QED) is 0.290. The highest BCUT2D eigenvalue weighted by Gasteiger charge is 1.66. The Bertz CT molecular complexity index is 62.4. The standard InChI is InChI=1S/C3H4O3/c4-2-1-3-6-5/h1,5H,3H2. The molecular formula is C3H4O3. The number of hydrogen-bond acceptors (Lipinski definition) is 3. The van der Waals surface area contributed by atoms with Crippen molar-refractivity contribution in [3.8, 4) is 0 Å². The van der Waals surface area contributed by atoms with Crippen molar-refractivity contribution >= 4 is 5.94 Å². The van der Waals surface area contributed by atoms with Gasteiger partial charge in [0.15, 0.2) is 0 Å². The molecule has 3 heteroatoms. The smallest absolute Gasteiger partial charge is 0.122 e. The van der Waals surface area contributed by atoms with Crippen molar-refractivity contribution < 1.29 is 14.9 Å². The van der Waals surface area contributed by atoms with Crippen molar-refractivity contribution in [2.45, 2.75) is 0 Å². The zero-order valence-electron chi connectivity index (χ0n) is 3.05. The van der Waals surface area contributed by atoms with Crippen LogP contribution in [0.1, 0.15) is 0 Å². The maximum atomic E-state index is 9.19. The molecule has 6 heavy (non-hydrogen) atoms. The summed E-state index contributed by atoms with van der Waals surface area (Å²) in [6, 6.07) is 0. The molecule has 0 heterocycles. The van der Waals surface area contributed by atoms with Crippen LogP contribution in [-0.4, -0.2) is 17.8 Å². The Kier molecular flexibility index (Phi) is 3.91. The summed E-state index contributed by atoms with van der Waals surface area (Å²) in [5.74, 6) is 1.41. The minimum absolute atomic E-state index is 0.0799. The second-order valence-corrected chi connectivity index (χ2v) is 0.618. The molecule has 0 fully saturated rings. The molecule has 0 bridgehead atoms. The largest absolute Gasteiger partial charge is 0.251 e. The molecule has 34 valence electrons. The molecule has 0 saturated heterocycles. The van der Waals surface area contributed by atoms with Crippen LogP contribution in [0.5, 0.6) is 0 Å². The van der Waals surface area contributed by atoms with E-state index >= 15 is 0 Å².